The zero-order chi connectivity index (χ0) is 16.2. The highest BCUT2D eigenvalue weighted by Crippen LogP contribution is 2.22. The molecule has 0 aliphatic rings. The van der Waals surface area contributed by atoms with E-state index in [0.29, 0.717) is 12.4 Å². The van der Waals surface area contributed by atoms with Crippen LogP contribution in [0.4, 0.5) is 11.5 Å². The molecular formula is C12H19N5O4. The zero-order valence-electron chi connectivity index (χ0n) is 12.1. The van der Waals surface area contributed by atoms with Gasteiger partial charge in [0.05, 0.1) is 10.5 Å². The van der Waals surface area contributed by atoms with Crippen LogP contribution in [0.25, 0.3) is 0 Å². The Bertz CT molecular complexity index is 553. The van der Waals surface area contributed by atoms with E-state index in [1.165, 1.54) is 12.1 Å². The number of hydrogen-bond acceptors (Lipinski definition) is 7. The van der Waals surface area contributed by atoms with Gasteiger partial charge in [-0.1, -0.05) is 5.16 Å². The highest BCUT2D eigenvalue weighted by Gasteiger charge is 2.23. The van der Waals surface area contributed by atoms with Crippen LogP contribution < -0.4 is 10.6 Å². The van der Waals surface area contributed by atoms with Gasteiger partial charge in [0.15, 0.2) is 11.5 Å². The van der Waals surface area contributed by atoms with Crippen molar-refractivity contribution in [2.75, 3.05) is 18.0 Å². The van der Waals surface area contributed by atoms with Gasteiger partial charge in [0.2, 0.25) is 0 Å². The lowest BCUT2D eigenvalue weighted by molar-refractivity contribution is -0.385. The van der Waals surface area contributed by atoms with Crippen molar-refractivity contribution in [3.8, 4) is 0 Å². The summed E-state index contributed by atoms with van der Waals surface area (Å²) in [5.41, 5.74) is 3.91. The van der Waals surface area contributed by atoms with Crippen LogP contribution in [0.15, 0.2) is 17.3 Å². The fraction of sp³-hybridized carbons (Fsp3) is 0.500. The van der Waals surface area contributed by atoms with Crippen molar-refractivity contribution >= 4 is 17.3 Å². The smallest absolute Gasteiger partial charge is 0.298 e. The number of anilines is 1. The molecule has 0 unspecified atom stereocenters. The number of nitro groups is 1. The van der Waals surface area contributed by atoms with E-state index in [9.17, 15) is 15.2 Å². The van der Waals surface area contributed by atoms with Gasteiger partial charge in [0.25, 0.3) is 5.69 Å². The monoisotopic (exact) mass is 297 g/mol. The standard InChI is InChI=1S/C12H19N5O4/c1-4-16(7-12(2,3)18)9-6-5-8(17(20)21)10(14-9)11(13)15-19/h5-6,18-19H,4,7H2,1-3H3,(H2,13,15). The summed E-state index contributed by atoms with van der Waals surface area (Å²) in [6, 6.07) is 2.70. The number of pyridine rings is 1. The molecule has 0 aromatic carbocycles. The summed E-state index contributed by atoms with van der Waals surface area (Å²) in [5, 5.41) is 32.3. The molecule has 4 N–H and O–H groups in total. The molecule has 9 nitrogen and oxygen atoms in total. The van der Waals surface area contributed by atoms with Crippen molar-refractivity contribution in [1.29, 1.82) is 0 Å². The molecule has 0 amide bonds. The van der Waals surface area contributed by atoms with Crippen molar-refractivity contribution in [2.45, 2.75) is 26.4 Å². The summed E-state index contributed by atoms with van der Waals surface area (Å²) < 4.78 is 0. The molecule has 0 spiro atoms. The van der Waals surface area contributed by atoms with Crippen LogP contribution >= 0.6 is 0 Å². The molecule has 9 heteroatoms. The summed E-state index contributed by atoms with van der Waals surface area (Å²) in [6.07, 6.45) is 0. The molecule has 1 aromatic heterocycles. The second-order valence-corrected chi connectivity index (χ2v) is 5.11. The summed E-state index contributed by atoms with van der Waals surface area (Å²) in [4.78, 5) is 16.1. The number of hydrogen-bond donors (Lipinski definition) is 3. The Labute approximate surface area is 121 Å². The fourth-order valence-electron chi connectivity index (χ4n) is 1.82. The molecule has 1 aromatic rings. The first kappa shape index (κ1) is 16.6. The van der Waals surface area contributed by atoms with Gasteiger partial charge in [-0.05, 0) is 26.8 Å². The Balaban J connectivity index is 3.29. The Morgan fingerprint density at radius 2 is 2.19 bits per heavy atom. The normalized spacial score (nSPS) is 12.3. The van der Waals surface area contributed by atoms with Crippen LogP contribution in [-0.4, -0.2) is 44.7 Å². The third-order valence-electron chi connectivity index (χ3n) is 2.69. The van der Waals surface area contributed by atoms with Gasteiger partial charge >= 0.3 is 0 Å². The minimum Gasteiger partial charge on any atom is -0.409 e. The Morgan fingerprint density at radius 3 is 2.62 bits per heavy atom. The van der Waals surface area contributed by atoms with Crippen LogP contribution in [-0.2, 0) is 0 Å². The molecule has 0 bridgehead atoms. The van der Waals surface area contributed by atoms with Gasteiger partial charge in [-0.2, -0.15) is 0 Å². The quantitative estimate of drug-likeness (QED) is 0.231. The lowest BCUT2D eigenvalue weighted by atomic mass is 10.1. The third kappa shape index (κ3) is 4.28. The molecule has 0 aliphatic heterocycles. The average molecular weight is 297 g/mol. The maximum Gasteiger partial charge on any atom is 0.298 e. The topological polar surface area (TPSA) is 138 Å². The van der Waals surface area contributed by atoms with E-state index in [2.05, 4.69) is 10.1 Å². The Hall–Kier alpha value is -2.42. The molecule has 0 atom stereocenters. The lowest BCUT2D eigenvalue weighted by Crippen LogP contribution is -2.39. The van der Waals surface area contributed by atoms with Gasteiger partial charge in [0, 0.05) is 19.2 Å². The maximum absolute atomic E-state index is 10.9. The highest BCUT2D eigenvalue weighted by atomic mass is 16.6. The third-order valence-corrected chi connectivity index (χ3v) is 2.69. The van der Waals surface area contributed by atoms with Crippen molar-refractivity contribution in [3.05, 3.63) is 27.9 Å². The number of aliphatic hydroxyl groups is 1. The first-order chi connectivity index (χ1) is 9.69. The van der Waals surface area contributed by atoms with Gasteiger partial charge in [0.1, 0.15) is 5.82 Å². The first-order valence-corrected chi connectivity index (χ1v) is 6.30. The summed E-state index contributed by atoms with van der Waals surface area (Å²) in [6.45, 7) is 5.96. The van der Waals surface area contributed by atoms with E-state index >= 15 is 0 Å². The largest absolute Gasteiger partial charge is 0.409 e. The number of nitrogens with two attached hydrogens (primary N) is 1. The van der Waals surface area contributed by atoms with E-state index in [-0.39, 0.29) is 17.9 Å². The predicted molar refractivity (Wildman–Crippen MR) is 77.6 cm³/mol. The average Bonchev–Trinajstić information content (AvgIpc) is 2.42. The molecule has 0 saturated heterocycles. The summed E-state index contributed by atoms with van der Waals surface area (Å²) in [5.74, 6) is -0.0466. The van der Waals surface area contributed by atoms with Crippen LogP contribution in [0.5, 0.6) is 0 Å². The van der Waals surface area contributed by atoms with Gasteiger partial charge in [-0.3, -0.25) is 10.1 Å². The van der Waals surface area contributed by atoms with E-state index in [0.717, 1.165) is 0 Å². The van der Waals surface area contributed by atoms with E-state index in [1.54, 1.807) is 18.7 Å². The minimum absolute atomic E-state index is 0.214. The molecule has 0 fully saturated rings. The van der Waals surface area contributed by atoms with E-state index in [4.69, 9.17) is 10.9 Å². The van der Waals surface area contributed by atoms with Gasteiger partial charge in [-0.15, -0.1) is 0 Å². The SMILES string of the molecule is CCN(CC(C)(C)O)c1ccc([N+](=O)[O-])c(/C(N)=N/O)n1. The Kier molecular flexibility index (Phi) is 5.03. The first-order valence-electron chi connectivity index (χ1n) is 6.30. The van der Waals surface area contributed by atoms with Crippen LogP contribution in [0.2, 0.25) is 0 Å². The molecule has 1 rings (SSSR count). The second kappa shape index (κ2) is 6.35. The molecule has 0 aliphatic carbocycles. The highest BCUT2D eigenvalue weighted by molar-refractivity contribution is 5.99. The van der Waals surface area contributed by atoms with Gasteiger partial charge < -0.3 is 20.9 Å². The van der Waals surface area contributed by atoms with Crippen molar-refractivity contribution in [3.63, 3.8) is 0 Å². The number of aromatic nitrogens is 1. The summed E-state index contributed by atoms with van der Waals surface area (Å²) in [7, 11) is 0. The summed E-state index contributed by atoms with van der Waals surface area (Å²) >= 11 is 0. The Morgan fingerprint density at radius 1 is 1.57 bits per heavy atom. The number of amidine groups is 1. The predicted octanol–water partition coefficient (Wildman–Crippen LogP) is 0.682. The number of nitrogens with zero attached hydrogens (tertiary/aromatic N) is 4. The van der Waals surface area contributed by atoms with Crippen molar-refractivity contribution in [2.24, 2.45) is 10.9 Å². The van der Waals surface area contributed by atoms with Gasteiger partial charge in [-0.25, -0.2) is 4.98 Å². The van der Waals surface area contributed by atoms with E-state index < -0.39 is 16.4 Å². The maximum atomic E-state index is 10.9. The number of likely N-dealkylation sites (N-methyl/N-ethyl adjacent to an activating group) is 1. The second-order valence-electron chi connectivity index (χ2n) is 5.11. The van der Waals surface area contributed by atoms with Crippen LogP contribution in [0.3, 0.4) is 0 Å². The minimum atomic E-state index is -0.962. The van der Waals surface area contributed by atoms with Crippen molar-refractivity contribution < 1.29 is 15.2 Å². The molecule has 116 valence electrons. The zero-order valence-corrected chi connectivity index (χ0v) is 12.1. The van der Waals surface area contributed by atoms with E-state index in [1.807, 2.05) is 6.92 Å². The molecule has 1 heterocycles. The molecule has 21 heavy (non-hydrogen) atoms. The molecular weight excluding hydrogens is 278 g/mol. The fourth-order valence-corrected chi connectivity index (χ4v) is 1.82. The molecule has 0 radical (unpaired) electrons. The van der Waals surface area contributed by atoms with Crippen molar-refractivity contribution in [1.82, 2.24) is 4.98 Å². The number of rotatable bonds is 6. The number of oxime groups is 1. The van der Waals surface area contributed by atoms with Crippen LogP contribution in [0.1, 0.15) is 26.5 Å². The molecule has 0 saturated carbocycles. The lowest BCUT2D eigenvalue weighted by Gasteiger charge is -2.29. The van der Waals surface area contributed by atoms with Crippen LogP contribution in [0, 0.1) is 10.1 Å².